The zero-order valence-electron chi connectivity index (χ0n) is 37.5. The highest BCUT2D eigenvalue weighted by Crippen LogP contribution is 2.51. The lowest BCUT2D eigenvalue weighted by atomic mass is 9.80. The summed E-state index contributed by atoms with van der Waals surface area (Å²) in [4.78, 5) is 37.7. The fourth-order valence-corrected chi connectivity index (χ4v) is 9.79. The first-order valence-electron chi connectivity index (χ1n) is 21.5. The quantitative estimate of drug-likeness (QED) is 0.0450. The molecule has 4 atom stereocenters. The Bertz CT molecular complexity index is 2560. The van der Waals surface area contributed by atoms with Crippen molar-refractivity contribution >= 4 is 42.3 Å². The third-order valence-electron chi connectivity index (χ3n) is 11.2. The molecule has 7 rings (SSSR count). The van der Waals surface area contributed by atoms with E-state index < -0.39 is 38.1 Å². The van der Waals surface area contributed by atoms with Gasteiger partial charge in [-0.2, -0.15) is 5.26 Å². The van der Waals surface area contributed by atoms with E-state index in [1.165, 1.54) is 0 Å². The molecule has 16 heteroatoms. The highest BCUT2D eigenvalue weighted by molar-refractivity contribution is 7.44. The molecular formula is C48H56N7O8P. The van der Waals surface area contributed by atoms with E-state index in [9.17, 15) is 14.9 Å². The summed E-state index contributed by atoms with van der Waals surface area (Å²) >= 11 is 0. The number of ether oxygens (including phenoxy) is 4. The first-order valence-corrected chi connectivity index (χ1v) is 22.6. The smallest absolute Gasteiger partial charge is 0.260 e. The Labute approximate surface area is 374 Å². The molecule has 1 amide bonds. The van der Waals surface area contributed by atoms with Crippen molar-refractivity contribution in [2.75, 3.05) is 32.8 Å². The average Bonchev–Trinajstić information content (AvgIpc) is 3.89. The van der Waals surface area contributed by atoms with E-state index in [4.69, 9.17) is 33.0 Å². The third kappa shape index (κ3) is 9.83. The average molecular weight is 890 g/mol. The maximum atomic E-state index is 13.2. The minimum atomic E-state index is -1.68. The van der Waals surface area contributed by atoms with Crippen molar-refractivity contribution in [3.63, 3.8) is 0 Å². The van der Waals surface area contributed by atoms with Gasteiger partial charge in [0.25, 0.3) is 14.1 Å². The molecule has 1 aliphatic rings. The van der Waals surface area contributed by atoms with Crippen LogP contribution in [-0.2, 0) is 28.9 Å². The number of rotatable bonds is 19. The van der Waals surface area contributed by atoms with Gasteiger partial charge in [0.15, 0.2) is 0 Å². The van der Waals surface area contributed by atoms with E-state index >= 15 is 0 Å². The van der Waals surface area contributed by atoms with Crippen LogP contribution in [0, 0.1) is 17.2 Å². The SMILES string of the molecule is COc1ccc(C(OC[C@H]2O[C@@H](n3cnc4cc5c(=O)[nH]c(NC(=O)C(C)C)nc5cc43)C[C@@H]2OP(OCCC#N)N(C(C)C)C(C)C)(c2ccccc2)c2ccc(OC)cc2)cc1. The number of nitrogens with zero attached hydrogens (tertiary/aromatic N) is 5. The Morgan fingerprint density at radius 3 is 2.14 bits per heavy atom. The molecule has 4 aromatic carbocycles. The molecule has 1 unspecified atom stereocenters. The molecule has 15 nitrogen and oxygen atoms in total. The molecule has 64 heavy (non-hydrogen) atoms. The number of aromatic amines is 1. The lowest BCUT2D eigenvalue weighted by Gasteiger charge is -2.39. The Hall–Kier alpha value is -5.72. The summed E-state index contributed by atoms with van der Waals surface area (Å²) in [7, 11) is 1.60. The van der Waals surface area contributed by atoms with Gasteiger partial charge < -0.3 is 32.6 Å². The van der Waals surface area contributed by atoms with Gasteiger partial charge in [0.1, 0.15) is 29.4 Å². The molecule has 1 fully saturated rings. The number of fused-ring (bicyclic) bond motifs is 2. The topological polar surface area (TPSA) is 175 Å². The predicted octanol–water partition coefficient (Wildman–Crippen LogP) is 8.84. The molecule has 0 aliphatic carbocycles. The van der Waals surface area contributed by atoms with E-state index in [0.29, 0.717) is 39.9 Å². The maximum Gasteiger partial charge on any atom is 0.260 e. The standard InChI is InChI=1S/C48H56N7O8P/c1-30(2)45(56)52-47-51-39-26-41-40(25-38(39)46(57)53-47)50-29-54(41)44-27-42(63-64(61-24-12-23-49)55(31(3)4)32(5)6)43(62-44)28-60-48(33-13-10-9-11-14-33,34-15-19-36(58-7)20-16-34)35-17-21-37(59-8)22-18-35/h9-11,13-22,25-26,29-32,42-44H,12,24,27-28H2,1-8H3,(H2,51,52,53,56,57)/t42-,43+,44+,64?/m0/s1. The van der Waals surface area contributed by atoms with Gasteiger partial charge in [0.05, 0.1) is 74.3 Å². The van der Waals surface area contributed by atoms with Crippen molar-refractivity contribution in [2.45, 2.75) is 90.5 Å². The van der Waals surface area contributed by atoms with Crippen LogP contribution in [0.3, 0.4) is 0 Å². The molecule has 0 saturated carbocycles. The molecule has 1 saturated heterocycles. The number of nitriles is 1. The van der Waals surface area contributed by atoms with Gasteiger partial charge >= 0.3 is 0 Å². The second kappa shape index (κ2) is 20.4. The number of amides is 1. The number of H-pyrrole nitrogens is 1. The third-order valence-corrected chi connectivity index (χ3v) is 13.3. The largest absolute Gasteiger partial charge is 0.497 e. The van der Waals surface area contributed by atoms with Crippen LogP contribution in [-0.4, -0.2) is 81.8 Å². The van der Waals surface area contributed by atoms with Crippen LogP contribution < -0.4 is 20.3 Å². The summed E-state index contributed by atoms with van der Waals surface area (Å²) in [5, 5.41) is 12.5. The fourth-order valence-electron chi connectivity index (χ4n) is 8.03. The van der Waals surface area contributed by atoms with Crippen LogP contribution in [0.4, 0.5) is 5.95 Å². The van der Waals surface area contributed by atoms with Crippen molar-refractivity contribution in [3.8, 4) is 17.6 Å². The molecule has 336 valence electrons. The van der Waals surface area contributed by atoms with Crippen molar-refractivity contribution in [2.24, 2.45) is 5.92 Å². The predicted molar refractivity (Wildman–Crippen MR) is 246 cm³/mol. The van der Waals surface area contributed by atoms with E-state index in [2.05, 4.69) is 53.7 Å². The number of benzene rings is 4. The van der Waals surface area contributed by atoms with Gasteiger partial charge in [-0.3, -0.25) is 19.9 Å². The zero-order chi connectivity index (χ0) is 45.5. The van der Waals surface area contributed by atoms with E-state index in [0.717, 1.165) is 16.7 Å². The van der Waals surface area contributed by atoms with Gasteiger partial charge in [-0.25, -0.2) is 14.6 Å². The van der Waals surface area contributed by atoms with Crippen LogP contribution in [0.1, 0.15) is 77.3 Å². The van der Waals surface area contributed by atoms with E-state index in [-0.39, 0.29) is 49.5 Å². The number of hydrogen-bond donors (Lipinski definition) is 2. The minimum Gasteiger partial charge on any atom is -0.497 e. The number of carbonyl (C=O) groups excluding carboxylic acids is 1. The summed E-state index contributed by atoms with van der Waals surface area (Å²) < 4.78 is 43.2. The second-order valence-corrected chi connectivity index (χ2v) is 17.8. The lowest BCUT2D eigenvalue weighted by Crippen LogP contribution is -2.39. The minimum absolute atomic E-state index is 0.0599. The maximum absolute atomic E-state index is 13.2. The monoisotopic (exact) mass is 889 g/mol. The number of anilines is 1. The molecule has 3 heterocycles. The number of hydrogen-bond acceptors (Lipinski definition) is 12. The highest BCUT2D eigenvalue weighted by Gasteiger charge is 2.45. The Kier molecular flexibility index (Phi) is 14.8. The molecule has 0 spiro atoms. The van der Waals surface area contributed by atoms with Gasteiger partial charge in [0, 0.05) is 24.4 Å². The van der Waals surface area contributed by atoms with Crippen LogP contribution >= 0.6 is 8.53 Å². The van der Waals surface area contributed by atoms with Crippen LogP contribution in [0.25, 0.3) is 21.9 Å². The number of carbonyl (C=O) groups is 1. The van der Waals surface area contributed by atoms with E-state index in [1.807, 2.05) is 83.4 Å². The number of imidazole rings is 1. The molecule has 2 aromatic heterocycles. The van der Waals surface area contributed by atoms with Gasteiger partial charge in [-0.15, -0.1) is 0 Å². The first-order chi connectivity index (χ1) is 30.9. The van der Waals surface area contributed by atoms with Gasteiger partial charge in [-0.1, -0.05) is 68.4 Å². The zero-order valence-corrected chi connectivity index (χ0v) is 38.4. The number of nitrogens with one attached hydrogen (secondary N) is 2. The Morgan fingerprint density at radius 2 is 1.56 bits per heavy atom. The number of aromatic nitrogens is 4. The summed E-state index contributed by atoms with van der Waals surface area (Å²) in [6, 6.07) is 31.6. The van der Waals surface area contributed by atoms with Crippen molar-refractivity contribution in [3.05, 3.63) is 124 Å². The van der Waals surface area contributed by atoms with Crippen LogP contribution in [0.15, 0.2) is 102 Å². The van der Waals surface area contributed by atoms with Gasteiger partial charge in [-0.05, 0) is 80.8 Å². The molecular weight excluding hydrogens is 834 g/mol. The van der Waals surface area contributed by atoms with Crippen molar-refractivity contribution in [1.82, 2.24) is 24.2 Å². The second-order valence-electron chi connectivity index (χ2n) is 16.4. The molecule has 6 aromatic rings. The molecule has 0 bridgehead atoms. The number of methoxy groups -OCH3 is 2. The summed E-state index contributed by atoms with van der Waals surface area (Å²) in [6.45, 7) is 12.2. The Morgan fingerprint density at radius 1 is 0.938 bits per heavy atom. The highest BCUT2D eigenvalue weighted by atomic mass is 31.2. The fraction of sp³-hybridized carbons (Fsp3) is 0.396. The Balaban J connectivity index is 1.32. The van der Waals surface area contributed by atoms with Crippen LogP contribution in [0.5, 0.6) is 11.5 Å². The van der Waals surface area contributed by atoms with Gasteiger partial charge in [0.2, 0.25) is 11.9 Å². The molecule has 1 aliphatic heterocycles. The lowest BCUT2D eigenvalue weighted by molar-refractivity contribution is -0.118. The normalized spacial score (nSPS) is 17.1. The van der Waals surface area contributed by atoms with Crippen molar-refractivity contribution < 1.29 is 32.8 Å². The van der Waals surface area contributed by atoms with E-state index in [1.54, 1.807) is 46.5 Å². The summed E-state index contributed by atoms with van der Waals surface area (Å²) in [5.74, 6) is 0.888. The van der Waals surface area contributed by atoms with Crippen molar-refractivity contribution in [1.29, 1.82) is 5.26 Å². The summed E-state index contributed by atoms with van der Waals surface area (Å²) in [5.41, 5.74) is 2.71. The summed E-state index contributed by atoms with van der Waals surface area (Å²) in [6.07, 6.45) is 0.472. The molecule has 0 radical (unpaired) electrons. The van der Waals surface area contributed by atoms with Crippen LogP contribution in [0.2, 0.25) is 0 Å². The molecule has 2 N–H and O–H groups in total. The first kappa shape index (κ1) is 46.3.